The number of amides is 3. The van der Waals surface area contributed by atoms with Crippen LogP contribution in [0.5, 0.6) is 0 Å². The molecule has 0 aliphatic carbocycles. The van der Waals surface area contributed by atoms with E-state index in [4.69, 9.17) is 5.11 Å². The van der Waals surface area contributed by atoms with Gasteiger partial charge in [0, 0.05) is 13.1 Å². The summed E-state index contributed by atoms with van der Waals surface area (Å²) in [6.45, 7) is 2.50. The smallest absolute Gasteiger partial charge is 0.323 e. The van der Waals surface area contributed by atoms with Gasteiger partial charge in [0.05, 0.1) is 0 Å². The van der Waals surface area contributed by atoms with Gasteiger partial charge in [-0.1, -0.05) is 0 Å². The summed E-state index contributed by atoms with van der Waals surface area (Å²) in [6, 6.07) is -0.463. The van der Waals surface area contributed by atoms with E-state index in [0.717, 1.165) is 32.4 Å². The molecule has 0 saturated carbocycles. The Morgan fingerprint density at radius 2 is 1.63 bits per heavy atom. The van der Waals surface area contributed by atoms with Crippen LogP contribution in [0.4, 0.5) is 4.79 Å². The topological polar surface area (TPSA) is 120 Å². The van der Waals surface area contributed by atoms with Crippen LogP contribution in [0, 0.1) is 0 Å². The number of urea groups is 1. The van der Waals surface area contributed by atoms with E-state index < -0.39 is 12.0 Å². The first-order valence-corrected chi connectivity index (χ1v) is 6.28. The number of carboxylic acids is 1. The van der Waals surface area contributed by atoms with Crippen molar-refractivity contribution in [1.82, 2.24) is 21.3 Å². The molecule has 19 heavy (non-hydrogen) atoms. The second-order valence-corrected chi connectivity index (χ2v) is 3.89. The van der Waals surface area contributed by atoms with Gasteiger partial charge in [-0.2, -0.15) is 0 Å². The number of hydrogen-bond acceptors (Lipinski definition) is 4. The molecule has 0 aliphatic rings. The van der Waals surface area contributed by atoms with Gasteiger partial charge in [-0.25, -0.2) is 4.79 Å². The lowest BCUT2D eigenvalue weighted by molar-refractivity contribution is -0.135. The summed E-state index contributed by atoms with van der Waals surface area (Å²) in [5.41, 5.74) is 0. The molecule has 5 N–H and O–H groups in total. The monoisotopic (exact) mass is 274 g/mol. The summed E-state index contributed by atoms with van der Waals surface area (Å²) in [4.78, 5) is 31.2. The van der Waals surface area contributed by atoms with Crippen molar-refractivity contribution in [1.29, 1.82) is 0 Å². The van der Waals surface area contributed by atoms with Crippen LogP contribution in [-0.2, 0) is 9.59 Å². The first-order valence-electron chi connectivity index (χ1n) is 6.28. The fourth-order valence-electron chi connectivity index (χ4n) is 1.29. The van der Waals surface area contributed by atoms with Crippen LogP contribution in [-0.4, -0.2) is 56.2 Å². The van der Waals surface area contributed by atoms with Gasteiger partial charge in [-0.15, -0.1) is 0 Å². The number of carbonyl (C=O) groups excluding carboxylic acids is 2. The largest absolute Gasteiger partial charge is 0.480 e. The third kappa shape index (κ3) is 14.1. The predicted molar refractivity (Wildman–Crippen MR) is 69.8 cm³/mol. The molecule has 0 rings (SSSR count). The van der Waals surface area contributed by atoms with E-state index in [-0.39, 0.29) is 6.54 Å². The number of carbonyl (C=O) groups is 3. The summed E-state index contributed by atoms with van der Waals surface area (Å²) in [7, 11) is 0. The molecule has 0 atom stereocenters. The lowest BCUT2D eigenvalue weighted by Gasteiger charge is -2.06. The number of aliphatic carboxylic acids is 1. The van der Waals surface area contributed by atoms with E-state index in [1.165, 1.54) is 0 Å². The maximum absolute atomic E-state index is 11.0. The molecule has 3 amide bonds. The van der Waals surface area contributed by atoms with Crippen molar-refractivity contribution in [2.45, 2.75) is 19.3 Å². The van der Waals surface area contributed by atoms with Crippen LogP contribution < -0.4 is 21.3 Å². The summed E-state index contributed by atoms with van der Waals surface area (Å²) < 4.78 is 0. The zero-order chi connectivity index (χ0) is 14.3. The number of unbranched alkanes of at least 4 members (excludes halogenated alkanes) is 1. The van der Waals surface area contributed by atoms with Gasteiger partial charge in [0.25, 0.3) is 0 Å². The molecule has 0 aliphatic heterocycles. The van der Waals surface area contributed by atoms with E-state index in [9.17, 15) is 14.4 Å². The Balaban J connectivity index is 3.15. The van der Waals surface area contributed by atoms with E-state index in [1.807, 2.05) is 0 Å². The van der Waals surface area contributed by atoms with Gasteiger partial charge in [-0.05, 0) is 32.4 Å². The maximum Gasteiger partial charge on any atom is 0.323 e. The van der Waals surface area contributed by atoms with E-state index in [2.05, 4.69) is 21.3 Å². The molecule has 110 valence electrons. The van der Waals surface area contributed by atoms with Gasteiger partial charge < -0.3 is 26.4 Å². The van der Waals surface area contributed by atoms with Gasteiger partial charge in [0.2, 0.25) is 6.41 Å². The minimum atomic E-state index is -1.07. The van der Waals surface area contributed by atoms with E-state index in [1.54, 1.807) is 0 Å². The second-order valence-electron chi connectivity index (χ2n) is 3.89. The number of carboxylic acid groups (broad SMARTS) is 1. The molecule has 0 saturated heterocycles. The quantitative estimate of drug-likeness (QED) is 0.228. The molecular formula is C11H22N4O4. The SMILES string of the molecule is O=CNCCCNCCCCNC(=O)NCC(=O)O. The Morgan fingerprint density at radius 3 is 2.32 bits per heavy atom. The predicted octanol–water partition coefficient (Wildman–Crippen LogP) is -1.12. The van der Waals surface area contributed by atoms with Crippen molar-refractivity contribution >= 4 is 18.4 Å². The third-order valence-electron chi connectivity index (χ3n) is 2.22. The fraction of sp³-hybridized carbons (Fsp3) is 0.727. The normalized spacial score (nSPS) is 9.68. The Bertz CT molecular complexity index is 273. The lowest BCUT2D eigenvalue weighted by atomic mass is 10.3. The first-order chi connectivity index (χ1) is 9.16. The number of nitrogens with one attached hydrogen (secondary N) is 4. The van der Waals surface area contributed by atoms with Crippen LogP contribution >= 0.6 is 0 Å². The number of rotatable bonds is 12. The minimum absolute atomic E-state index is 0.373. The number of hydrogen-bond donors (Lipinski definition) is 5. The van der Waals surface area contributed by atoms with Crippen LogP contribution in [0.3, 0.4) is 0 Å². The van der Waals surface area contributed by atoms with Gasteiger partial charge in [-0.3, -0.25) is 9.59 Å². The van der Waals surface area contributed by atoms with Crippen LogP contribution in [0.1, 0.15) is 19.3 Å². The summed E-state index contributed by atoms with van der Waals surface area (Å²) in [5.74, 6) is -1.07. The van der Waals surface area contributed by atoms with Gasteiger partial charge in [0.15, 0.2) is 0 Å². The molecular weight excluding hydrogens is 252 g/mol. The summed E-state index contributed by atoms with van der Waals surface area (Å²) in [5, 5.41) is 18.9. The Morgan fingerprint density at radius 1 is 0.947 bits per heavy atom. The Labute approximate surface area is 112 Å². The van der Waals surface area contributed by atoms with Gasteiger partial charge in [0.1, 0.15) is 6.54 Å². The molecule has 0 aromatic carbocycles. The lowest BCUT2D eigenvalue weighted by Crippen LogP contribution is -2.38. The highest BCUT2D eigenvalue weighted by Gasteiger charge is 2.01. The highest BCUT2D eigenvalue weighted by atomic mass is 16.4. The van der Waals surface area contributed by atoms with Crippen LogP contribution in [0.25, 0.3) is 0 Å². The second kappa shape index (κ2) is 12.6. The molecule has 8 heteroatoms. The van der Waals surface area contributed by atoms with Crippen molar-refractivity contribution < 1.29 is 19.5 Å². The van der Waals surface area contributed by atoms with Crippen molar-refractivity contribution in [3.63, 3.8) is 0 Å². The summed E-state index contributed by atoms with van der Waals surface area (Å²) in [6.07, 6.45) is 3.30. The molecule has 0 unspecified atom stereocenters. The highest BCUT2D eigenvalue weighted by molar-refractivity contribution is 5.79. The molecule has 0 aromatic rings. The molecule has 0 aromatic heterocycles. The van der Waals surface area contributed by atoms with Crippen molar-refractivity contribution in [2.75, 3.05) is 32.7 Å². The van der Waals surface area contributed by atoms with Crippen molar-refractivity contribution in [2.24, 2.45) is 0 Å². The zero-order valence-corrected chi connectivity index (χ0v) is 10.9. The van der Waals surface area contributed by atoms with Crippen molar-refractivity contribution in [3.8, 4) is 0 Å². The average Bonchev–Trinajstić information content (AvgIpc) is 2.38. The third-order valence-corrected chi connectivity index (χ3v) is 2.22. The molecule has 0 bridgehead atoms. The van der Waals surface area contributed by atoms with Crippen LogP contribution in [0.2, 0.25) is 0 Å². The van der Waals surface area contributed by atoms with Crippen molar-refractivity contribution in [3.05, 3.63) is 0 Å². The standard InChI is InChI=1S/C11H22N4O4/c16-9-13-6-3-5-12-4-1-2-7-14-11(19)15-8-10(17)18/h9,12H,1-8H2,(H,13,16)(H,17,18)(H2,14,15,19). The summed E-state index contributed by atoms with van der Waals surface area (Å²) >= 11 is 0. The first kappa shape index (κ1) is 17.2. The molecule has 0 heterocycles. The fourth-order valence-corrected chi connectivity index (χ4v) is 1.29. The average molecular weight is 274 g/mol. The van der Waals surface area contributed by atoms with Gasteiger partial charge >= 0.3 is 12.0 Å². The van der Waals surface area contributed by atoms with Crippen LogP contribution in [0.15, 0.2) is 0 Å². The highest BCUT2D eigenvalue weighted by Crippen LogP contribution is 1.85. The molecule has 0 spiro atoms. The Hall–Kier alpha value is -1.83. The molecule has 0 fully saturated rings. The Kier molecular flexibility index (Phi) is 11.4. The molecule has 0 radical (unpaired) electrons. The maximum atomic E-state index is 11.0. The minimum Gasteiger partial charge on any atom is -0.480 e. The molecule has 8 nitrogen and oxygen atoms in total. The van der Waals surface area contributed by atoms with E-state index in [0.29, 0.717) is 19.5 Å². The zero-order valence-electron chi connectivity index (χ0n) is 10.9. The van der Waals surface area contributed by atoms with E-state index >= 15 is 0 Å².